The second-order valence-electron chi connectivity index (χ2n) is 5.29. The average Bonchev–Trinajstić information content (AvgIpc) is 2.54. The Morgan fingerprint density at radius 2 is 1.71 bits per heavy atom. The zero-order valence-corrected chi connectivity index (χ0v) is 14.6. The summed E-state index contributed by atoms with van der Waals surface area (Å²) in [5.41, 5.74) is 1.29. The van der Waals surface area contributed by atoms with E-state index in [1.165, 1.54) is 19.1 Å². The summed E-state index contributed by atoms with van der Waals surface area (Å²) in [6.07, 6.45) is 0. The minimum absolute atomic E-state index is 0.123. The number of hydrogen-bond acceptors (Lipinski definition) is 4. The van der Waals surface area contributed by atoms with Gasteiger partial charge in [-0.2, -0.15) is 0 Å². The van der Waals surface area contributed by atoms with Crippen LogP contribution in [0.25, 0.3) is 0 Å². The molecule has 0 saturated heterocycles. The van der Waals surface area contributed by atoms with Crippen molar-refractivity contribution in [2.75, 3.05) is 12.4 Å². The van der Waals surface area contributed by atoms with Gasteiger partial charge in [0.25, 0.3) is 0 Å². The lowest BCUT2D eigenvalue weighted by molar-refractivity contribution is -0.114. The Morgan fingerprint density at radius 3 is 2.29 bits per heavy atom. The molecule has 0 heterocycles. The van der Waals surface area contributed by atoms with Crippen LogP contribution in [0, 0.1) is 0 Å². The van der Waals surface area contributed by atoms with Gasteiger partial charge in [-0.3, -0.25) is 4.79 Å². The van der Waals surface area contributed by atoms with Gasteiger partial charge in [0.2, 0.25) is 15.9 Å². The van der Waals surface area contributed by atoms with Crippen LogP contribution in [0.3, 0.4) is 0 Å². The Hall–Kier alpha value is -2.38. The molecule has 0 saturated carbocycles. The lowest BCUT2D eigenvalue weighted by atomic mass is 10.1. The predicted octanol–water partition coefficient (Wildman–Crippen LogP) is 2.69. The quantitative estimate of drug-likeness (QED) is 0.840. The SMILES string of the molecule is COc1ccccc1[C@@H](C)NS(=O)(=O)c1ccc(NC(C)=O)cc1. The van der Waals surface area contributed by atoms with Gasteiger partial charge in [-0.15, -0.1) is 0 Å². The summed E-state index contributed by atoms with van der Waals surface area (Å²) in [5, 5.41) is 2.59. The van der Waals surface area contributed by atoms with Crippen LogP contribution in [0.4, 0.5) is 5.69 Å². The molecule has 24 heavy (non-hydrogen) atoms. The number of ether oxygens (including phenoxy) is 1. The second kappa shape index (κ2) is 7.46. The maximum absolute atomic E-state index is 12.5. The van der Waals surface area contributed by atoms with Crippen molar-refractivity contribution in [2.45, 2.75) is 24.8 Å². The van der Waals surface area contributed by atoms with Crippen molar-refractivity contribution in [1.82, 2.24) is 4.72 Å². The Balaban J connectivity index is 2.20. The number of hydrogen-bond donors (Lipinski definition) is 2. The fourth-order valence-corrected chi connectivity index (χ4v) is 3.53. The van der Waals surface area contributed by atoms with Gasteiger partial charge in [0.05, 0.1) is 12.0 Å². The topological polar surface area (TPSA) is 84.5 Å². The molecule has 2 aromatic carbocycles. The Morgan fingerprint density at radius 1 is 1.08 bits per heavy atom. The first-order valence-corrected chi connectivity index (χ1v) is 8.84. The first kappa shape index (κ1) is 18.0. The van der Waals surface area contributed by atoms with Crippen LogP contribution < -0.4 is 14.8 Å². The Bertz CT molecular complexity index is 817. The van der Waals surface area contributed by atoms with E-state index in [9.17, 15) is 13.2 Å². The number of carbonyl (C=O) groups is 1. The molecule has 0 bridgehead atoms. The lowest BCUT2D eigenvalue weighted by Gasteiger charge is -2.17. The molecule has 1 amide bonds. The van der Waals surface area contributed by atoms with Crippen molar-refractivity contribution in [3.8, 4) is 5.75 Å². The highest BCUT2D eigenvalue weighted by molar-refractivity contribution is 7.89. The highest BCUT2D eigenvalue weighted by atomic mass is 32.2. The number of rotatable bonds is 6. The number of nitrogens with one attached hydrogen (secondary N) is 2. The highest BCUT2D eigenvalue weighted by Gasteiger charge is 2.20. The lowest BCUT2D eigenvalue weighted by Crippen LogP contribution is -2.27. The molecular formula is C17H20N2O4S. The van der Waals surface area contributed by atoms with Crippen LogP contribution in [-0.4, -0.2) is 21.4 Å². The van der Waals surface area contributed by atoms with Crippen molar-refractivity contribution in [3.05, 3.63) is 54.1 Å². The molecule has 2 N–H and O–H groups in total. The van der Waals surface area contributed by atoms with E-state index >= 15 is 0 Å². The zero-order valence-electron chi connectivity index (χ0n) is 13.7. The van der Waals surface area contributed by atoms with Gasteiger partial charge < -0.3 is 10.1 Å². The third kappa shape index (κ3) is 4.33. The van der Waals surface area contributed by atoms with Gasteiger partial charge >= 0.3 is 0 Å². The van der Waals surface area contributed by atoms with Crippen LogP contribution >= 0.6 is 0 Å². The van der Waals surface area contributed by atoms with Gasteiger partial charge in [0.1, 0.15) is 5.75 Å². The summed E-state index contributed by atoms with van der Waals surface area (Å²) < 4.78 is 32.9. The molecule has 0 radical (unpaired) electrons. The third-order valence-electron chi connectivity index (χ3n) is 3.42. The van der Waals surface area contributed by atoms with Crippen LogP contribution in [0.1, 0.15) is 25.5 Å². The van der Waals surface area contributed by atoms with E-state index in [4.69, 9.17) is 4.74 Å². The minimum atomic E-state index is -3.70. The molecule has 2 aromatic rings. The number of amides is 1. The van der Waals surface area contributed by atoms with Crippen LogP contribution in [0.5, 0.6) is 5.75 Å². The van der Waals surface area contributed by atoms with Crippen molar-refractivity contribution in [2.24, 2.45) is 0 Å². The smallest absolute Gasteiger partial charge is 0.241 e. The standard InChI is InChI=1S/C17H20N2O4S/c1-12(16-6-4-5-7-17(16)23-3)19-24(21,22)15-10-8-14(9-11-15)18-13(2)20/h4-12,19H,1-3H3,(H,18,20)/t12-/m1/s1. The first-order valence-electron chi connectivity index (χ1n) is 7.36. The van der Waals surface area contributed by atoms with Crippen molar-refractivity contribution in [1.29, 1.82) is 0 Å². The summed E-state index contributed by atoms with van der Waals surface area (Å²) in [6, 6.07) is 12.8. The van der Waals surface area contributed by atoms with E-state index in [-0.39, 0.29) is 10.8 Å². The van der Waals surface area contributed by atoms with Crippen LogP contribution in [-0.2, 0) is 14.8 Å². The molecule has 0 spiro atoms. The number of benzene rings is 2. The zero-order chi connectivity index (χ0) is 17.7. The molecule has 2 rings (SSSR count). The van der Waals surface area contributed by atoms with E-state index < -0.39 is 16.1 Å². The summed E-state index contributed by atoms with van der Waals surface area (Å²) in [6.45, 7) is 3.14. The molecule has 6 nitrogen and oxygen atoms in total. The molecule has 0 aliphatic rings. The van der Waals surface area contributed by atoms with E-state index in [1.807, 2.05) is 18.2 Å². The highest BCUT2D eigenvalue weighted by Crippen LogP contribution is 2.26. The predicted molar refractivity (Wildman–Crippen MR) is 92.5 cm³/mol. The first-order chi connectivity index (χ1) is 11.3. The molecule has 1 atom stereocenters. The monoisotopic (exact) mass is 348 g/mol. The van der Waals surface area contributed by atoms with E-state index in [0.29, 0.717) is 11.4 Å². The summed E-state index contributed by atoms with van der Waals surface area (Å²) in [4.78, 5) is 11.1. The maximum atomic E-state index is 12.5. The largest absolute Gasteiger partial charge is 0.496 e. The molecule has 0 aliphatic carbocycles. The Labute approximate surface area is 141 Å². The maximum Gasteiger partial charge on any atom is 0.241 e. The minimum Gasteiger partial charge on any atom is -0.496 e. The van der Waals surface area contributed by atoms with Gasteiger partial charge in [-0.25, -0.2) is 13.1 Å². The fourth-order valence-electron chi connectivity index (χ4n) is 2.31. The molecule has 0 aliphatic heterocycles. The second-order valence-corrected chi connectivity index (χ2v) is 7.00. The summed E-state index contributed by atoms with van der Waals surface area (Å²) >= 11 is 0. The van der Waals surface area contributed by atoms with Gasteiger partial charge in [0, 0.05) is 24.2 Å². The van der Waals surface area contributed by atoms with Crippen LogP contribution in [0.2, 0.25) is 0 Å². The number of methoxy groups -OCH3 is 1. The van der Waals surface area contributed by atoms with Gasteiger partial charge in [0.15, 0.2) is 0 Å². The number of carbonyl (C=O) groups excluding carboxylic acids is 1. The molecule has 128 valence electrons. The molecular weight excluding hydrogens is 328 g/mol. The summed E-state index contributed by atoms with van der Waals surface area (Å²) in [5.74, 6) is 0.405. The molecule has 0 aromatic heterocycles. The number of sulfonamides is 1. The molecule has 7 heteroatoms. The van der Waals surface area contributed by atoms with Gasteiger partial charge in [-0.05, 0) is 37.3 Å². The van der Waals surface area contributed by atoms with E-state index in [2.05, 4.69) is 10.0 Å². The normalized spacial score (nSPS) is 12.5. The van der Waals surface area contributed by atoms with Crippen LogP contribution in [0.15, 0.2) is 53.4 Å². The summed E-state index contributed by atoms with van der Waals surface area (Å²) in [7, 11) is -2.15. The molecule has 0 fully saturated rings. The number of anilines is 1. The van der Waals surface area contributed by atoms with Crippen molar-refractivity contribution >= 4 is 21.6 Å². The Kier molecular flexibility index (Phi) is 5.58. The van der Waals surface area contributed by atoms with E-state index in [0.717, 1.165) is 5.56 Å². The van der Waals surface area contributed by atoms with Gasteiger partial charge in [-0.1, -0.05) is 18.2 Å². The fraction of sp³-hybridized carbons (Fsp3) is 0.235. The van der Waals surface area contributed by atoms with E-state index in [1.54, 1.807) is 32.2 Å². The van der Waals surface area contributed by atoms with Crippen molar-refractivity contribution < 1.29 is 17.9 Å². The molecule has 0 unspecified atom stereocenters. The van der Waals surface area contributed by atoms with Crippen molar-refractivity contribution in [3.63, 3.8) is 0 Å². The number of para-hydroxylation sites is 1. The average molecular weight is 348 g/mol. The third-order valence-corrected chi connectivity index (χ3v) is 4.98.